The topological polar surface area (TPSA) is 104 Å². The monoisotopic (exact) mass is 343 g/mol. The van der Waals surface area contributed by atoms with Crippen molar-refractivity contribution in [2.45, 2.75) is 26.8 Å². The summed E-state index contributed by atoms with van der Waals surface area (Å²) in [6.45, 7) is 5.18. The zero-order valence-corrected chi connectivity index (χ0v) is 14.0. The molecule has 10 heteroatoms. The number of thiophene rings is 1. The van der Waals surface area contributed by atoms with Gasteiger partial charge in [-0.3, -0.25) is 14.8 Å². The maximum absolute atomic E-state index is 11.2. The number of fused-ring (bicyclic) bond motifs is 3. The zero-order chi connectivity index (χ0) is 17.0. The van der Waals surface area contributed by atoms with Crippen molar-refractivity contribution in [2.24, 2.45) is 0 Å². The molecule has 4 aromatic heterocycles. The molecule has 0 saturated carbocycles. The van der Waals surface area contributed by atoms with Gasteiger partial charge in [-0.1, -0.05) is 0 Å². The Bertz CT molecular complexity index is 1090. The lowest BCUT2D eigenvalue weighted by molar-refractivity contribution is -0.386. The summed E-state index contributed by atoms with van der Waals surface area (Å²) in [5.41, 5.74) is 1.63. The quantitative estimate of drug-likeness (QED) is 0.418. The van der Waals surface area contributed by atoms with Crippen LogP contribution >= 0.6 is 11.3 Å². The predicted octanol–water partition coefficient (Wildman–Crippen LogP) is 2.67. The van der Waals surface area contributed by atoms with Crippen LogP contribution in [0, 0.1) is 24.0 Å². The van der Waals surface area contributed by atoms with Crippen molar-refractivity contribution in [1.82, 2.24) is 29.4 Å². The molecule has 1 atom stereocenters. The van der Waals surface area contributed by atoms with E-state index in [2.05, 4.69) is 20.2 Å². The molecule has 4 aromatic rings. The van der Waals surface area contributed by atoms with Crippen LogP contribution in [0.4, 0.5) is 5.69 Å². The average molecular weight is 343 g/mol. The highest BCUT2D eigenvalue weighted by Gasteiger charge is 2.26. The molecule has 0 bridgehead atoms. The second kappa shape index (κ2) is 5.06. The molecule has 1 unspecified atom stereocenters. The molecule has 0 amide bonds. The Morgan fingerprint density at radius 2 is 2.12 bits per heavy atom. The van der Waals surface area contributed by atoms with E-state index in [9.17, 15) is 10.1 Å². The van der Waals surface area contributed by atoms with E-state index in [0.717, 1.165) is 15.9 Å². The van der Waals surface area contributed by atoms with Crippen molar-refractivity contribution in [2.75, 3.05) is 0 Å². The molecule has 0 aliphatic rings. The molecule has 4 heterocycles. The standard InChI is InChI=1S/C14H13N7O2S/c1-7-11(21(22)23)8(2)20(17-7)9(3)12-16-13-10-4-5-24-14(10)15-6-19(13)18-12/h4-6,9H,1-3H3. The van der Waals surface area contributed by atoms with Crippen LogP contribution in [0.15, 0.2) is 17.8 Å². The Hall–Kier alpha value is -2.88. The second-order valence-electron chi connectivity index (χ2n) is 5.52. The van der Waals surface area contributed by atoms with E-state index in [1.807, 2.05) is 18.4 Å². The van der Waals surface area contributed by atoms with Gasteiger partial charge in [-0.15, -0.1) is 16.4 Å². The number of aromatic nitrogens is 6. The third kappa shape index (κ3) is 1.99. The van der Waals surface area contributed by atoms with Crippen molar-refractivity contribution < 1.29 is 4.92 Å². The number of nitro groups is 1. The molecule has 0 aliphatic heterocycles. The molecule has 0 aromatic carbocycles. The molecule has 0 spiro atoms. The lowest BCUT2D eigenvalue weighted by Gasteiger charge is -2.09. The van der Waals surface area contributed by atoms with E-state index in [-0.39, 0.29) is 11.7 Å². The first kappa shape index (κ1) is 14.7. The lowest BCUT2D eigenvalue weighted by Crippen LogP contribution is -2.12. The van der Waals surface area contributed by atoms with Gasteiger partial charge in [-0.2, -0.15) is 5.10 Å². The third-order valence-electron chi connectivity index (χ3n) is 4.03. The Morgan fingerprint density at radius 1 is 1.33 bits per heavy atom. The number of nitrogens with zero attached hydrogens (tertiary/aromatic N) is 7. The highest BCUT2D eigenvalue weighted by molar-refractivity contribution is 7.16. The van der Waals surface area contributed by atoms with Crippen molar-refractivity contribution in [1.29, 1.82) is 0 Å². The number of hydrogen-bond acceptors (Lipinski definition) is 7. The Balaban J connectivity index is 1.85. The first-order chi connectivity index (χ1) is 11.5. The molecular weight excluding hydrogens is 330 g/mol. The van der Waals surface area contributed by atoms with Gasteiger partial charge in [0.25, 0.3) is 0 Å². The van der Waals surface area contributed by atoms with Gasteiger partial charge in [0.05, 0.1) is 10.3 Å². The van der Waals surface area contributed by atoms with Crippen molar-refractivity contribution >= 4 is 32.9 Å². The van der Waals surface area contributed by atoms with Crippen LogP contribution in [0.5, 0.6) is 0 Å². The Kier molecular flexibility index (Phi) is 3.10. The number of aryl methyl sites for hydroxylation is 1. The smallest absolute Gasteiger partial charge is 0.258 e. The first-order valence-corrected chi connectivity index (χ1v) is 8.14. The van der Waals surface area contributed by atoms with Gasteiger partial charge in [-0.25, -0.2) is 14.5 Å². The van der Waals surface area contributed by atoms with Gasteiger partial charge in [0.15, 0.2) is 11.5 Å². The molecule has 0 radical (unpaired) electrons. The molecule has 0 fully saturated rings. The maximum atomic E-state index is 11.2. The van der Waals surface area contributed by atoms with E-state index in [1.165, 1.54) is 0 Å². The van der Waals surface area contributed by atoms with Crippen molar-refractivity contribution in [3.05, 3.63) is 45.1 Å². The maximum Gasteiger partial charge on any atom is 0.312 e. The molecular formula is C14H13N7O2S. The van der Waals surface area contributed by atoms with Crippen LogP contribution in [-0.4, -0.2) is 34.3 Å². The van der Waals surface area contributed by atoms with Gasteiger partial charge >= 0.3 is 5.69 Å². The summed E-state index contributed by atoms with van der Waals surface area (Å²) in [6, 6.07) is 1.63. The molecule has 0 aliphatic carbocycles. The molecule has 122 valence electrons. The Morgan fingerprint density at radius 3 is 2.83 bits per heavy atom. The Labute approximate surface area is 139 Å². The minimum absolute atomic E-state index is 0.0347. The summed E-state index contributed by atoms with van der Waals surface area (Å²) >= 11 is 1.54. The summed E-state index contributed by atoms with van der Waals surface area (Å²) in [6.07, 6.45) is 1.63. The largest absolute Gasteiger partial charge is 0.312 e. The first-order valence-electron chi connectivity index (χ1n) is 7.26. The fourth-order valence-corrected chi connectivity index (χ4v) is 3.59. The summed E-state index contributed by atoms with van der Waals surface area (Å²) < 4.78 is 3.22. The SMILES string of the molecule is Cc1nn(C(C)c2nc3c4ccsc4ncn3n2)c(C)c1[N+](=O)[O-]. The van der Waals surface area contributed by atoms with Crippen LogP contribution in [0.3, 0.4) is 0 Å². The van der Waals surface area contributed by atoms with E-state index >= 15 is 0 Å². The van der Waals surface area contributed by atoms with E-state index in [1.54, 1.807) is 40.7 Å². The molecule has 24 heavy (non-hydrogen) atoms. The molecule has 9 nitrogen and oxygen atoms in total. The molecule has 0 saturated heterocycles. The van der Waals surface area contributed by atoms with Crippen LogP contribution in [0.1, 0.15) is 30.2 Å². The van der Waals surface area contributed by atoms with Crippen LogP contribution in [0.2, 0.25) is 0 Å². The van der Waals surface area contributed by atoms with E-state index < -0.39 is 4.92 Å². The zero-order valence-electron chi connectivity index (χ0n) is 13.2. The molecule has 0 N–H and O–H groups in total. The summed E-state index contributed by atoms with van der Waals surface area (Å²) in [5, 5.41) is 22.8. The second-order valence-corrected chi connectivity index (χ2v) is 6.41. The van der Waals surface area contributed by atoms with Gasteiger partial charge in [0, 0.05) is 0 Å². The van der Waals surface area contributed by atoms with Crippen molar-refractivity contribution in [3.8, 4) is 0 Å². The highest BCUT2D eigenvalue weighted by Crippen LogP contribution is 2.28. The highest BCUT2D eigenvalue weighted by atomic mass is 32.1. The van der Waals surface area contributed by atoms with Crippen LogP contribution in [0.25, 0.3) is 15.9 Å². The minimum Gasteiger partial charge on any atom is -0.258 e. The number of hydrogen-bond donors (Lipinski definition) is 0. The van der Waals surface area contributed by atoms with Crippen LogP contribution in [-0.2, 0) is 0 Å². The van der Waals surface area contributed by atoms with Gasteiger partial charge < -0.3 is 0 Å². The van der Waals surface area contributed by atoms with Crippen molar-refractivity contribution in [3.63, 3.8) is 0 Å². The normalized spacial score (nSPS) is 13.0. The number of rotatable bonds is 3. The van der Waals surface area contributed by atoms with Crippen LogP contribution < -0.4 is 0 Å². The lowest BCUT2D eigenvalue weighted by atomic mass is 10.3. The van der Waals surface area contributed by atoms with E-state index in [4.69, 9.17) is 0 Å². The summed E-state index contributed by atoms with van der Waals surface area (Å²) in [7, 11) is 0. The van der Waals surface area contributed by atoms with Gasteiger partial charge in [-0.05, 0) is 32.2 Å². The van der Waals surface area contributed by atoms with Gasteiger partial charge in [0.1, 0.15) is 28.6 Å². The van der Waals surface area contributed by atoms with Gasteiger partial charge in [0.2, 0.25) is 0 Å². The third-order valence-corrected chi connectivity index (χ3v) is 4.85. The fraction of sp³-hybridized carbons (Fsp3) is 0.286. The fourth-order valence-electron chi connectivity index (χ4n) is 2.86. The average Bonchev–Trinajstić information content (AvgIpc) is 3.21. The molecule has 4 rings (SSSR count). The summed E-state index contributed by atoms with van der Waals surface area (Å²) in [4.78, 5) is 20.6. The predicted molar refractivity (Wildman–Crippen MR) is 88.3 cm³/mol. The summed E-state index contributed by atoms with van der Waals surface area (Å²) in [5.74, 6) is 0.538. The minimum atomic E-state index is -0.406. The van der Waals surface area contributed by atoms with E-state index in [0.29, 0.717) is 17.2 Å².